The van der Waals surface area contributed by atoms with Crippen LogP contribution in [0.3, 0.4) is 0 Å². The minimum absolute atomic E-state index is 0.0627. The Morgan fingerprint density at radius 2 is 1.54 bits per heavy atom. The van der Waals surface area contributed by atoms with Gasteiger partial charge in [0.15, 0.2) is 0 Å². The van der Waals surface area contributed by atoms with Crippen molar-refractivity contribution in [2.24, 2.45) is 0 Å². The van der Waals surface area contributed by atoms with Crippen molar-refractivity contribution in [2.75, 3.05) is 83.4 Å². The van der Waals surface area contributed by atoms with Crippen LogP contribution in [-0.4, -0.2) is 104 Å². The molecule has 0 N–H and O–H groups in total. The van der Waals surface area contributed by atoms with Crippen molar-refractivity contribution >= 4 is 17.5 Å². The first-order valence-corrected chi connectivity index (χ1v) is 13.7. The van der Waals surface area contributed by atoms with Crippen molar-refractivity contribution in [3.63, 3.8) is 0 Å². The third kappa shape index (κ3) is 6.66. The van der Waals surface area contributed by atoms with Gasteiger partial charge in [0, 0.05) is 77.8 Å². The van der Waals surface area contributed by atoms with E-state index in [9.17, 15) is 4.79 Å². The van der Waals surface area contributed by atoms with Gasteiger partial charge in [0.1, 0.15) is 17.4 Å². The zero-order valence-corrected chi connectivity index (χ0v) is 23.3. The highest BCUT2D eigenvalue weighted by molar-refractivity contribution is 5.99. The Labute approximate surface area is 231 Å². The molecular weight excluding hydrogens is 490 g/mol. The first-order valence-electron chi connectivity index (χ1n) is 13.7. The van der Waals surface area contributed by atoms with Crippen molar-refractivity contribution in [1.29, 1.82) is 0 Å². The van der Waals surface area contributed by atoms with Crippen LogP contribution in [0.4, 0.5) is 11.6 Å². The van der Waals surface area contributed by atoms with Gasteiger partial charge in [-0.3, -0.25) is 9.69 Å². The van der Waals surface area contributed by atoms with Crippen molar-refractivity contribution in [3.8, 4) is 5.75 Å². The van der Waals surface area contributed by atoms with Crippen LogP contribution >= 0.6 is 0 Å². The summed E-state index contributed by atoms with van der Waals surface area (Å²) in [7, 11) is 5.80. The molecular formula is C30H39N7O2. The molecule has 5 rings (SSSR count). The second kappa shape index (κ2) is 12.4. The number of ether oxygens (including phenoxy) is 1. The van der Waals surface area contributed by atoms with E-state index in [2.05, 4.69) is 67.9 Å². The summed E-state index contributed by atoms with van der Waals surface area (Å²) in [4.78, 5) is 34.0. The number of piperazine rings is 2. The minimum atomic E-state index is 0.0627. The normalized spacial score (nSPS) is 16.6. The van der Waals surface area contributed by atoms with Crippen molar-refractivity contribution in [2.45, 2.75) is 13.1 Å². The van der Waals surface area contributed by atoms with E-state index in [-0.39, 0.29) is 5.91 Å². The molecule has 9 heteroatoms. The van der Waals surface area contributed by atoms with Gasteiger partial charge in [0.05, 0.1) is 12.7 Å². The lowest BCUT2D eigenvalue weighted by Gasteiger charge is -2.38. The van der Waals surface area contributed by atoms with E-state index < -0.39 is 0 Å². The third-order valence-corrected chi connectivity index (χ3v) is 7.45. The van der Waals surface area contributed by atoms with Gasteiger partial charge >= 0.3 is 0 Å². The Morgan fingerprint density at radius 1 is 0.846 bits per heavy atom. The fourth-order valence-corrected chi connectivity index (χ4v) is 5.29. The van der Waals surface area contributed by atoms with Crippen LogP contribution < -0.4 is 14.5 Å². The van der Waals surface area contributed by atoms with Crippen LogP contribution in [0.15, 0.2) is 60.9 Å². The highest BCUT2D eigenvalue weighted by Crippen LogP contribution is 2.23. The number of hydrogen-bond donors (Lipinski definition) is 0. The van der Waals surface area contributed by atoms with Gasteiger partial charge in [-0.1, -0.05) is 18.2 Å². The summed E-state index contributed by atoms with van der Waals surface area (Å²) in [6.45, 7) is 8.20. The van der Waals surface area contributed by atoms with Gasteiger partial charge in [-0.2, -0.15) is 0 Å². The van der Waals surface area contributed by atoms with Crippen molar-refractivity contribution in [1.82, 2.24) is 24.7 Å². The molecule has 1 aromatic carbocycles. The molecule has 0 unspecified atom stereocenters. The molecule has 2 aromatic heterocycles. The third-order valence-electron chi connectivity index (χ3n) is 7.45. The molecule has 2 fully saturated rings. The van der Waals surface area contributed by atoms with Crippen LogP contribution in [0.5, 0.6) is 5.75 Å². The molecule has 206 valence electrons. The van der Waals surface area contributed by atoms with Gasteiger partial charge in [0.2, 0.25) is 0 Å². The van der Waals surface area contributed by atoms with E-state index in [1.165, 1.54) is 11.1 Å². The number of pyridine rings is 2. The van der Waals surface area contributed by atoms with E-state index >= 15 is 0 Å². The summed E-state index contributed by atoms with van der Waals surface area (Å²) in [5.74, 6) is 2.71. The molecule has 0 atom stereocenters. The highest BCUT2D eigenvalue weighted by Gasteiger charge is 2.28. The lowest BCUT2D eigenvalue weighted by molar-refractivity contribution is 0.0746. The molecule has 39 heavy (non-hydrogen) atoms. The maximum Gasteiger partial charge on any atom is 0.257 e. The fraction of sp³-hybridized carbons (Fsp3) is 0.433. The average Bonchev–Trinajstić information content (AvgIpc) is 2.98. The maximum absolute atomic E-state index is 13.6. The van der Waals surface area contributed by atoms with Crippen molar-refractivity contribution in [3.05, 3.63) is 77.6 Å². The minimum Gasteiger partial charge on any atom is -0.497 e. The molecule has 0 radical (unpaired) electrons. The molecule has 2 aliphatic rings. The van der Waals surface area contributed by atoms with Gasteiger partial charge < -0.3 is 24.3 Å². The lowest BCUT2D eigenvalue weighted by atomic mass is 10.1. The molecule has 1 amide bonds. The molecule has 2 aliphatic heterocycles. The summed E-state index contributed by atoms with van der Waals surface area (Å²) in [5.41, 5.74) is 3.17. The Kier molecular flexibility index (Phi) is 8.58. The Hall–Kier alpha value is -3.69. The van der Waals surface area contributed by atoms with E-state index in [0.717, 1.165) is 69.7 Å². The predicted octanol–water partition coefficient (Wildman–Crippen LogP) is 2.83. The summed E-state index contributed by atoms with van der Waals surface area (Å²) < 4.78 is 5.27. The standard InChI is InChI=1S/C30H39N7O2/c1-33(2)22-25-8-11-28(32-21-25)35-17-19-37(20-18-35)30(38)27-5-4-12-31-29(27)36-15-13-34(14-16-36)23-24-6-9-26(39-3)10-7-24/h4-12,21H,13-20,22-23H2,1-3H3. The Balaban J connectivity index is 1.16. The number of nitrogens with zero attached hydrogens (tertiary/aromatic N) is 7. The summed E-state index contributed by atoms with van der Waals surface area (Å²) in [6, 6.07) is 16.3. The topological polar surface area (TPSA) is 68.3 Å². The number of anilines is 2. The Bertz CT molecular complexity index is 1220. The average molecular weight is 530 g/mol. The van der Waals surface area contributed by atoms with Crippen LogP contribution in [0.2, 0.25) is 0 Å². The number of aromatic nitrogens is 2. The fourth-order valence-electron chi connectivity index (χ4n) is 5.29. The van der Waals surface area contributed by atoms with E-state index in [1.807, 2.05) is 35.4 Å². The number of amides is 1. The number of carbonyl (C=O) groups is 1. The van der Waals surface area contributed by atoms with E-state index in [1.54, 1.807) is 13.3 Å². The predicted molar refractivity (Wildman–Crippen MR) is 154 cm³/mol. The highest BCUT2D eigenvalue weighted by atomic mass is 16.5. The summed E-state index contributed by atoms with van der Waals surface area (Å²) in [5, 5.41) is 0. The molecule has 2 saturated heterocycles. The number of carbonyl (C=O) groups excluding carboxylic acids is 1. The summed E-state index contributed by atoms with van der Waals surface area (Å²) >= 11 is 0. The van der Waals surface area contributed by atoms with Crippen LogP contribution in [0, 0.1) is 0 Å². The number of rotatable bonds is 8. The van der Waals surface area contributed by atoms with Gasteiger partial charge in [-0.15, -0.1) is 0 Å². The van der Waals surface area contributed by atoms with E-state index in [0.29, 0.717) is 18.7 Å². The molecule has 4 heterocycles. The molecule has 3 aromatic rings. The van der Waals surface area contributed by atoms with Gasteiger partial charge in [-0.25, -0.2) is 9.97 Å². The first-order chi connectivity index (χ1) is 19.0. The lowest BCUT2D eigenvalue weighted by Crippen LogP contribution is -2.50. The zero-order valence-electron chi connectivity index (χ0n) is 23.3. The summed E-state index contributed by atoms with van der Waals surface area (Å²) in [6.07, 6.45) is 3.74. The van der Waals surface area contributed by atoms with E-state index in [4.69, 9.17) is 4.74 Å². The SMILES string of the molecule is COc1ccc(CN2CCN(c3ncccc3C(=O)N3CCN(c4ccc(CN(C)C)cn4)CC3)CC2)cc1. The molecule has 9 nitrogen and oxygen atoms in total. The van der Waals surface area contributed by atoms with Crippen LogP contribution in [0.1, 0.15) is 21.5 Å². The molecule has 0 bridgehead atoms. The maximum atomic E-state index is 13.6. The number of benzene rings is 1. The Morgan fingerprint density at radius 3 is 2.18 bits per heavy atom. The van der Waals surface area contributed by atoms with Gasteiger partial charge in [-0.05, 0) is 55.6 Å². The molecule has 0 aliphatic carbocycles. The second-order valence-corrected chi connectivity index (χ2v) is 10.5. The number of hydrogen-bond acceptors (Lipinski definition) is 8. The van der Waals surface area contributed by atoms with Crippen LogP contribution in [0.25, 0.3) is 0 Å². The largest absolute Gasteiger partial charge is 0.497 e. The first kappa shape index (κ1) is 26.9. The monoisotopic (exact) mass is 529 g/mol. The molecule has 0 saturated carbocycles. The quantitative estimate of drug-likeness (QED) is 0.441. The van der Waals surface area contributed by atoms with Crippen molar-refractivity contribution < 1.29 is 9.53 Å². The van der Waals surface area contributed by atoms with Crippen LogP contribution in [-0.2, 0) is 13.1 Å². The smallest absolute Gasteiger partial charge is 0.257 e. The molecule has 0 spiro atoms. The zero-order chi connectivity index (χ0) is 27.2. The van der Waals surface area contributed by atoms with Gasteiger partial charge in [0.25, 0.3) is 5.91 Å². The second-order valence-electron chi connectivity index (χ2n) is 10.5. The number of methoxy groups -OCH3 is 1.